The molecule has 3 N–H and O–H groups in total. The predicted octanol–water partition coefficient (Wildman–Crippen LogP) is 3.48. The Kier molecular flexibility index (Phi) is 3.80. The minimum atomic E-state index is -0.345. The van der Waals surface area contributed by atoms with Crippen molar-refractivity contribution in [1.82, 2.24) is 19.5 Å². The average Bonchev–Trinajstić information content (AvgIpc) is 3.02. The Morgan fingerprint density at radius 1 is 1.00 bits per heavy atom. The van der Waals surface area contributed by atoms with E-state index in [1.54, 1.807) is 0 Å². The SMILES string of the molecule is CC(C)c1ccc(-c2nc3c(=O)[nH]c(N)nc3n2-c2ccccc2)cc1. The molecule has 2 aromatic heterocycles. The molecule has 0 radical (unpaired) electrons. The summed E-state index contributed by atoms with van der Waals surface area (Å²) in [5.41, 5.74) is 9.16. The van der Waals surface area contributed by atoms with E-state index in [1.807, 2.05) is 47.0 Å². The number of nitrogen functional groups attached to an aromatic ring is 1. The predicted molar refractivity (Wildman–Crippen MR) is 103 cm³/mol. The summed E-state index contributed by atoms with van der Waals surface area (Å²) in [6.07, 6.45) is 0. The van der Waals surface area contributed by atoms with Gasteiger partial charge in [-0.25, -0.2) is 4.98 Å². The highest BCUT2D eigenvalue weighted by Crippen LogP contribution is 2.27. The third-order valence-corrected chi connectivity index (χ3v) is 4.39. The number of aromatic amines is 1. The highest BCUT2D eigenvalue weighted by Gasteiger charge is 2.18. The summed E-state index contributed by atoms with van der Waals surface area (Å²) in [6.45, 7) is 4.31. The number of nitrogens with zero attached hydrogens (tertiary/aromatic N) is 3. The second-order valence-electron chi connectivity index (χ2n) is 6.51. The van der Waals surface area contributed by atoms with Crippen molar-refractivity contribution in [3.8, 4) is 17.1 Å². The smallest absolute Gasteiger partial charge is 0.280 e. The Labute approximate surface area is 150 Å². The standard InChI is InChI=1S/C20H19N5O/c1-12(2)13-8-10-14(11-9-13)17-22-16-18(23-20(21)24-19(16)26)25(17)15-6-4-3-5-7-15/h3-12H,1-2H3,(H3,21,23,24,26). The summed E-state index contributed by atoms with van der Waals surface area (Å²) in [5.74, 6) is 1.17. The van der Waals surface area contributed by atoms with E-state index in [2.05, 4.69) is 40.9 Å². The molecule has 6 heteroatoms. The number of benzene rings is 2. The number of H-pyrrole nitrogens is 1. The summed E-state index contributed by atoms with van der Waals surface area (Å²) in [5, 5.41) is 0. The van der Waals surface area contributed by atoms with Crippen molar-refractivity contribution in [3.63, 3.8) is 0 Å². The molecule has 130 valence electrons. The quantitative estimate of drug-likeness (QED) is 0.595. The van der Waals surface area contributed by atoms with Gasteiger partial charge in [0, 0.05) is 11.3 Å². The van der Waals surface area contributed by atoms with Crippen LogP contribution in [0.5, 0.6) is 0 Å². The van der Waals surface area contributed by atoms with E-state index in [4.69, 9.17) is 5.73 Å². The molecule has 0 aliphatic carbocycles. The topological polar surface area (TPSA) is 89.6 Å². The van der Waals surface area contributed by atoms with E-state index in [9.17, 15) is 4.79 Å². The van der Waals surface area contributed by atoms with Crippen LogP contribution in [0, 0.1) is 0 Å². The van der Waals surface area contributed by atoms with Crippen molar-refractivity contribution in [1.29, 1.82) is 0 Å². The van der Waals surface area contributed by atoms with Crippen molar-refractivity contribution in [2.24, 2.45) is 0 Å². The van der Waals surface area contributed by atoms with Gasteiger partial charge < -0.3 is 5.73 Å². The lowest BCUT2D eigenvalue weighted by Crippen LogP contribution is -2.12. The van der Waals surface area contributed by atoms with Gasteiger partial charge in [0.15, 0.2) is 11.2 Å². The van der Waals surface area contributed by atoms with Crippen LogP contribution in [0.2, 0.25) is 0 Å². The van der Waals surface area contributed by atoms with Crippen LogP contribution in [0.25, 0.3) is 28.2 Å². The Balaban J connectivity index is 2.02. The van der Waals surface area contributed by atoms with Gasteiger partial charge in [0.2, 0.25) is 5.95 Å². The van der Waals surface area contributed by atoms with Crippen LogP contribution in [0.1, 0.15) is 25.3 Å². The fourth-order valence-electron chi connectivity index (χ4n) is 3.02. The summed E-state index contributed by atoms with van der Waals surface area (Å²) < 4.78 is 1.87. The molecule has 0 aliphatic rings. The van der Waals surface area contributed by atoms with E-state index in [1.165, 1.54) is 5.56 Å². The second-order valence-corrected chi connectivity index (χ2v) is 6.51. The van der Waals surface area contributed by atoms with Crippen molar-refractivity contribution in [3.05, 3.63) is 70.5 Å². The first kappa shape index (κ1) is 16.1. The number of imidazole rings is 1. The molecule has 0 saturated heterocycles. The molecule has 26 heavy (non-hydrogen) atoms. The molecule has 0 spiro atoms. The number of rotatable bonds is 3. The van der Waals surface area contributed by atoms with E-state index in [0.29, 0.717) is 17.4 Å². The van der Waals surface area contributed by atoms with E-state index in [-0.39, 0.29) is 17.0 Å². The summed E-state index contributed by atoms with van der Waals surface area (Å²) in [6, 6.07) is 17.9. The number of para-hydroxylation sites is 1. The van der Waals surface area contributed by atoms with Crippen LogP contribution in [0.3, 0.4) is 0 Å². The Bertz CT molecular complexity index is 1120. The zero-order chi connectivity index (χ0) is 18.3. The maximum atomic E-state index is 12.3. The number of hydrogen-bond donors (Lipinski definition) is 2. The fraction of sp³-hybridized carbons (Fsp3) is 0.150. The van der Waals surface area contributed by atoms with Gasteiger partial charge in [-0.2, -0.15) is 4.98 Å². The molecule has 6 nitrogen and oxygen atoms in total. The van der Waals surface area contributed by atoms with E-state index >= 15 is 0 Å². The molecule has 4 rings (SSSR count). The monoisotopic (exact) mass is 345 g/mol. The van der Waals surface area contributed by atoms with Crippen LogP contribution in [-0.4, -0.2) is 19.5 Å². The van der Waals surface area contributed by atoms with Gasteiger partial charge in [-0.1, -0.05) is 56.3 Å². The Morgan fingerprint density at radius 3 is 2.35 bits per heavy atom. The van der Waals surface area contributed by atoms with E-state index < -0.39 is 0 Å². The molecule has 0 aliphatic heterocycles. The van der Waals surface area contributed by atoms with Gasteiger partial charge in [0.25, 0.3) is 5.56 Å². The molecule has 0 bridgehead atoms. The zero-order valence-electron chi connectivity index (χ0n) is 14.6. The van der Waals surface area contributed by atoms with E-state index in [0.717, 1.165) is 11.3 Å². The van der Waals surface area contributed by atoms with Gasteiger partial charge in [0.05, 0.1) is 0 Å². The maximum Gasteiger partial charge on any atom is 0.280 e. The number of fused-ring (bicyclic) bond motifs is 1. The van der Waals surface area contributed by atoms with Crippen LogP contribution < -0.4 is 11.3 Å². The minimum absolute atomic E-state index is 0.0706. The van der Waals surface area contributed by atoms with Gasteiger partial charge >= 0.3 is 0 Å². The number of nitrogens with one attached hydrogen (secondary N) is 1. The number of nitrogens with two attached hydrogens (primary N) is 1. The number of aromatic nitrogens is 4. The Morgan fingerprint density at radius 2 is 1.69 bits per heavy atom. The van der Waals surface area contributed by atoms with Crippen molar-refractivity contribution in [2.45, 2.75) is 19.8 Å². The number of hydrogen-bond acceptors (Lipinski definition) is 4. The second kappa shape index (κ2) is 6.15. The molecule has 4 aromatic rings. The largest absolute Gasteiger partial charge is 0.369 e. The molecule has 0 fully saturated rings. The van der Waals surface area contributed by atoms with Crippen LogP contribution >= 0.6 is 0 Å². The van der Waals surface area contributed by atoms with Gasteiger partial charge in [-0.05, 0) is 23.6 Å². The fourth-order valence-corrected chi connectivity index (χ4v) is 3.02. The minimum Gasteiger partial charge on any atom is -0.369 e. The first-order chi connectivity index (χ1) is 12.5. The van der Waals surface area contributed by atoms with Crippen LogP contribution in [-0.2, 0) is 0 Å². The van der Waals surface area contributed by atoms with Crippen molar-refractivity contribution >= 4 is 17.1 Å². The third kappa shape index (κ3) is 2.65. The molecule has 0 unspecified atom stereocenters. The molecular formula is C20H19N5O. The molecule has 2 aromatic carbocycles. The van der Waals surface area contributed by atoms with Gasteiger partial charge in [0.1, 0.15) is 5.82 Å². The average molecular weight is 345 g/mol. The third-order valence-electron chi connectivity index (χ3n) is 4.39. The molecular weight excluding hydrogens is 326 g/mol. The maximum absolute atomic E-state index is 12.3. The normalized spacial score (nSPS) is 11.3. The van der Waals surface area contributed by atoms with Crippen LogP contribution in [0.4, 0.5) is 5.95 Å². The molecule has 0 atom stereocenters. The van der Waals surface area contributed by atoms with Gasteiger partial charge in [-0.3, -0.25) is 14.3 Å². The highest BCUT2D eigenvalue weighted by molar-refractivity contribution is 5.80. The molecule has 0 amide bonds. The lowest BCUT2D eigenvalue weighted by molar-refractivity contribution is 0.867. The first-order valence-corrected chi connectivity index (χ1v) is 8.48. The van der Waals surface area contributed by atoms with Crippen LogP contribution in [0.15, 0.2) is 59.4 Å². The van der Waals surface area contributed by atoms with Crippen molar-refractivity contribution in [2.75, 3.05) is 5.73 Å². The lowest BCUT2D eigenvalue weighted by atomic mass is 10.0. The van der Waals surface area contributed by atoms with Gasteiger partial charge in [-0.15, -0.1) is 0 Å². The molecule has 2 heterocycles. The molecule has 0 saturated carbocycles. The summed E-state index contributed by atoms with van der Waals surface area (Å²) in [4.78, 5) is 23.7. The first-order valence-electron chi connectivity index (χ1n) is 8.48. The number of anilines is 1. The summed E-state index contributed by atoms with van der Waals surface area (Å²) >= 11 is 0. The van der Waals surface area contributed by atoms with Crippen molar-refractivity contribution < 1.29 is 0 Å². The highest BCUT2D eigenvalue weighted by atomic mass is 16.1. The lowest BCUT2D eigenvalue weighted by Gasteiger charge is -2.10. The zero-order valence-corrected chi connectivity index (χ0v) is 14.6. The summed E-state index contributed by atoms with van der Waals surface area (Å²) in [7, 11) is 0. The Hall–Kier alpha value is -3.41.